The molecule has 1 rings (SSSR count). The van der Waals surface area contributed by atoms with Gasteiger partial charge in [-0.05, 0) is 37.1 Å². The highest BCUT2D eigenvalue weighted by molar-refractivity contribution is 6.17. The first kappa shape index (κ1) is 16.6. The quantitative estimate of drug-likeness (QED) is 0.616. The molecule has 1 N–H and O–H groups in total. The Bertz CT molecular complexity index is 421. The van der Waals surface area contributed by atoms with Crippen LogP contribution in [0.25, 0.3) is 0 Å². The number of halogens is 4. The number of hydrogen-bond acceptors (Lipinski definition) is 2. The molecule has 1 amide bonds. The van der Waals surface area contributed by atoms with E-state index >= 15 is 0 Å². The standard InChI is InChI=1S/C13H15ClF3NO2/c14-8-2-1-3-9-18-12(19)10-4-6-11(7-5-10)20-13(15,16)17/h4-7H,1-3,8-9H2,(H,18,19). The maximum Gasteiger partial charge on any atom is 0.573 e. The molecule has 20 heavy (non-hydrogen) atoms. The van der Waals surface area contributed by atoms with Gasteiger partial charge in [-0.2, -0.15) is 0 Å². The molecule has 112 valence electrons. The van der Waals surface area contributed by atoms with Crippen molar-refractivity contribution in [3.63, 3.8) is 0 Å². The van der Waals surface area contributed by atoms with Crippen molar-refractivity contribution < 1.29 is 22.7 Å². The van der Waals surface area contributed by atoms with E-state index in [0.29, 0.717) is 12.4 Å². The van der Waals surface area contributed by atoms with Crippen LogP contribution < -0.4 is 10.1 Å². The van der Waals surface area contributed by atoms with Gasteiger partial charge in [0.2, 0.25) is 0 Å². The van der Waals surface area contributed by atoms with Gasteiger partial charge in [0.15, 0.2) is 0 Å². The monoisotopic (exact) mass is 309 g/mol. The van der Waals surface area contributed by atoms with Crippen molar-refractivity contribution in [2.24, 2.45) is 0 Å². The molecule has 0 fully saturated rings. The van der Waals surface area contributed by atoms with Crippen molar-refractivity contribution in [3.05, 3.63) is 29.8 Å². The Morgan fingerprint density at radius 3 is 2.35 bits per heavy atom. The molecule has 0 spiro atoms. The Morgan fingerprint density at radius 1 is 1.15 bits per heavy atom. The topological polar surface area (TPSA) is 38.3 Å². The molecule has 0 heterocycles. The van der Waals surface area contributed by atoms with E-state index in [-0.39, 0.29) is 17.2 Å². The van der Waals surface area contributed by atoms with Crippen LogP contribution in [0, 0.1) is 0 Å². The number of rotatable bonds is 7. The van der Waals surface area contributed by atoms with E-state index in [1.807, 2.05) is 0 Å². The maximum absolute atomic E-state index is 12.0. The fourth-order valence-corrected chi connectivity index (χ4v) is 1.70. The Morgan fingerprint density at radius 2 is 1.80 bits per heavy atom. The Balaban J connectivity index is 2.41. The van der Waals surface area contributed by atoms with Crippen LogP contribution in [-0.4, -0.2) is 24.7 Å². The van der Waals surface area contributed by atoms with Gasteiger partial charge in [-0.15, -0.1) is 24.8 Å². The Labute approximate surface area is 120 Å². The van der Waals surface area contributed by atoms with Crippen LogP contribution in [0.1, 0.15) is 29.6 Å². The summed E-state index contributed by atoms with van der Waals surface area (Å²) in [6.07, 6.45) is -2.11. The minimum absolute atomic E-state index is 0.289. The van der Waals surface area contributed by atoms with E-state index < -0.39 is 6.36 Å². The summed E-state index contributed by atoms with van der Waals surface area (Å²) in [5.41, 5.74) is 0.289. The highest BCUT2D eigenvalue weighted by Gasteiger charge is 2.31. The van der Waals surface area contributed by atoms with Gasteiger partial charge in [0.25, 0.3) is 5.91 Å². The van der Waals surface area contributed by atoms with Crippen LogP contribution in [0.15, 0.2) is 24.3 Å². The number of carbonyl (C=O) groups is 1. The van der Waals surface area contributed by atoms with Gasteiger partial charge in [-0.3, -0.25) is 4.79 Å². The van der Waals surface area contributed by atoms with E-state index in [2.05, 4.69) is 10.1 Å². The van der Waals surface area contributed by atoms with E-state index in [4.69, 9.17) is 11.6 Å². The minimum atomic E-state index is -4.73. The summed E-state index contributed by atoms with van der Waals surface area (Å²) in [6, 6.07) is 4.79. The summed E-state index contributed by atoms with van der Waals surface area (Å²) < 4.78 is 39.6. The highest BCUT2D eigenvalue weighted by Crippen LogP contribution is 2.22. The minimum Gasteiger partial charge on any atom is -0.406 e. The molecule has 1 aromatic rings. The number of unbranched alkanes of at least 4 members (excludes halogenated alkanes) is 2. The Hall–Kier alpha value is -1.43. The van der Waals surface area contributed by atoms with Gasteiger partial charge in [-0.25, -0.2) is 0 Å². The number of ether oxygens (including phenoxy) is 1. The summed E-state index contributed by atoms with van der Waals surface area (Å²) in [6.45, 7) is 0.510. The second-order valence-electron chi connectivity index (χ2n) is 4.08. The first-order valence-corrected chi connectivity index (χ1v) is 6.66. The smallest absolute Gasteiger partial charge is 0.406 e. The lowest BCUT2D eigenvalue weighted by Crippen LogP contribution is -2.24. The largest absolute Gasteiger partial charge is 0.573 e. The van der Waals surface area contributed by atoms with Gasteiger partial charge in [-0.1, -0.05) is 6.42 Å². The molecular weight excluding hydrogens is 295 g/mol. The second-order valence-corrected chi connectivity index (χ2v) is 4.46. The first-order chi connectivity index (χ1) is 9.42. The van der Waals surface area contributed by atoms with Gasteiger partial charge in [0.05, 0.1) is 0 Å². The molecular formula is C13H15ClF3NO2. The fraction of sp³-hybridized carbons (Fsp3) is 0.462. The average molecular weight is 310 g/mol. The van der Waals surface area contributed by atoms with E-state index in [1.165, 1.54) is 12.1 Å². The van der Waals surface area contributed by atoms with Crippen LogP contribution in [0.5, 0.6) is 5.75 Å². The van der Waals surface area contributed by atoms with E-state index in [9.17, 15) is 18.0 Å². The summed E-state index contributed by atoms with van der Waals surface area (Å²) in [7, 11) is 0. The van der Waals surface area contributed by atoms with E-state index in [0.717, 1.165) is 31.4 Å². The van der Waals surface area contributed by atoms with Crippen LogP contribution in [0.4, 0.5) is 13.2 Å². The van der Waals surface area contributed by atoms with E-state index in [1.54, 1.807) is 0 Å². The molecule has 0 saturated carbocycles. The third-order valence-electron chi connectivity index (χ3n) is 2.45. The zero-order valence-electron chi connectivity index (χ0n) is 10.7. The summed E-state index contributed by atoms with van der Waals surface area (Å²) in [5.74, 6) is -0.0835. The number of amides is 1. The lowest BCUT2D eigenvalue weighted by molar-refractivity contribution is -0.274. The molecule has 0 bridgehead atoms. The predicted molar refractivity (Wildman–Crippen MR) is 70.0 cm³/mol. The summed E-state index contributed by atoms with van der Waals surface area (Å²) in [4.78, 5) is 11.7. The fourth-order valence-electron chi connectivity index (χ4n) is 1.51. The zero-order valence-corrected chi connectivity index (χ0v) is 11.4. The first-order valence-electron chi connectivity index (χ1n) is 6.12. The van der Waals surface area contributed by atoms with Crippen LogP contribution in [-0.2, 0) is 0 Å². The maximum atomic E-state index is 12.0. The number of nitrogens with one attached hydrogen (secondary N) is 1. The summed E-state index contributed by atoms with van der Waals surface area (Å²) >= 11 is 5.52. The van der Waals surface area contributed by atoms with Crippen molar-refractivity contribution in [2.45, 2.75) is 25.6 Å². The number of benzene rings is 1. The van der Waals surface area contributed by atoms with Crippen molar-refractivity contribution in [1.82, 2.24) is 5.32 Å². The molecule has 0 atom stereocenters. The highest BCUT2D eigenvalue weighted by atomic mass is 35.5. The third kappa shape index (κ3) is 6.65. The van der Waals surface area contributed by atoms with Gasteiger partial charge >= 0.3 is 6.36 Å². The predicted octanol–water partition coefficient (Wildman–Crippen LogP) is 3.72. The average Bonchev–Trinajstić information content (AvgIpc) is 2.37. The molecule has 1 aromatic carbocycles. The molecule has 0 aliphatic rings. The Kier molecular flexibility index (Phi) is 6.64. The SMILES string of the molecule is O=C(NCCCCCCl)c1ccc(OC(F)(F)F)cc1. The molecule has 3 nitrogen and oxygen atoms in total. The third-order valence-corrected chi connectivity index (χ3v) is 2.71. The molecule has 7 heteroatoms. The number of hydrogen-bond donors (Lipinski definition) is 1. The number of carbonyl (C=O) groups excluding carboxylic acids is 1. The van der Waals surface area contributed by atoms with Gasteiger partial charge in [0.1, 0.15) is 5.75 Å². The number of alkyl halides is 4. The molecule has 0 aromatic heterocycles. The van der Waals surface area contributed by atoms with Crippen molar-refractivity contribution in [1.29, 1.82) is 0 Å². The van der Waals surface area contributed by atoms with Crippen LogP contribution in [0.2, 0.25) is 0 Å². The van der Waals surface area contributed by atoms with Crippen LogP contribution in [0.3, 0.4) is 0 Å². The molecule has 0 saturated heterocycles. The molecule has 0 aliphatic carbocycles. The van der Waals surface area contributed by atoms with Gasteiger partial charge in [0, 0.05) is 18.0 Å². The molecule has 0 unspecified atom stereocenters. The lowest BCUT2D eigenvalue weighted by Gasteiger charge is -2.09. The summed E-state index contributed by atoms with van der Waals surface area (Å²) in [5, 5.41) is 2.68. The van der Waals surface area contributed by atoms with Crippen molar-refractivity contribution in [2.75, 3.05) is 12.4 Å². The van der Waals surface area contributed by atoms with Gasteiger partial charge < -0.3 is 10.1 Å². The second kappa shape index (κ2) is 7.99. The normalized spacial score (nSPS) is 11.2. The molecule has 0 radical (unpaired) electrons. The van der Waals surface area contributed by atoms with Crippen LogP contribution >= 0.6 is 11.6 Å². The van der Waals surface area contributed by atoms with Crippen molar-refractivity contribution >= 4 is 17.5 Å². The lowest BCUT2D eigenvalue weighted by atomic mass is 10.2. The molecule has 0 aliphatic heterocycles. The van der Waals surface area contributed by atoms with Crippen molar-refractivity contribution in [3.8, 4) is 5.75 Å². The zero-order chi connectivity index (χ0) is 15.0.